The van der Waals surface area contributed by atoms with E-state index in [2.05, 4.69) is 0 Å². The smallest absolute Gasteiger partial charge is 0.306 e. The molecule has 0 heterocycles. The fourth-order valence-corrected chi connectivity index (χ4v) is 1.63. The zero-order chi connectivity index (χ0) is 12.1. The molecular weight excluding hydrogens is 206 g/mol. The highest BCUT2D eigenvalue weighted by Gasteiger charge is 2.24. The summed E-state index contributed by atoms with van der Waals surface area (Å²) in [5.74, 6) is -1.11. The Morgan fingerprint density at radius 3 is 2.44 bits per heavy atom. The lowest BCUT2D eigenvalue weighted by molar-refractivity contribution is -0.139. The molecule has 0 amide bonds. The Balaban J connectivity index is 2.67. The SMILES string of the molecule is CC(c1ccccc1)[C@H](N)[C@H](O)CC(=O)O. The van der Waals surface area contributed by atoms with Crippen LogP contribution in [0.5, 0.6) is 0 Å². The van der Waals surface area contributed by atoms with E-state index in [1.807, 2.05) is 37.3 Å². The van der Waals surface area contributed by atoms with Crippen molar-refractivity contribution in [3.05, 3.63) is 35.9 Å². The Bertz CT molecular complexity index is 339. The molecule has 16 heavy (non-hydrogen) atoms. The van der Waals surface area contributed by atoms with Gasteiger partial charge in [-0.1, -0.05) is 37.3 Å². The average Bonchev–Trinajstić information content (AvgIpc) is 2.27. The lowest BCUT2D eigenvalue weighted by Crippen LogP contribution is -2.40. The summed E-state index contributed by atoms with van der Waals surface area (Å²) in [5.41, 5.74) is 6.83. The average molecular weight is 223 g/mol. The van der Waals surface area contributed by atoms with Crippen LogP contribution >= 0.6 is 0 Å². The second-order valence-corrected chi connectivity index (χ2v) is 3.94. The largest absolute Gasteiger partial charge is 0.481 e. The summed E-state index contributed by atoms with van der Waals surface area (Å²) < 4.78 is 0. The van der Waals surface area contributed by atoms with Gasteiger partial charge in [-0.3, -0.25) is 4.79 Å². The first-order valence-corrected chi connectivity index (χ1v) is 5.22. The molecule has 4 nitrogen and oxygen atoms in total. The maximum absolute atomic E-state index is 10.5. The van der Waals surface area contributed by atoms with Gasteiger partial charge in [0.2, 0.25) is 0 Å². The van der Waals surface area contributed by atoms with Gasteiger partial charge >= 0.3 is 5.97 Å². The third kappa shape index (κ3) is 3.32. The van der Waals surface area contributed by atoms with Gasteiger partial charge in [0.1, 0.15) is 0 Å². The van der Waals surface area contributed by atoms with Crippen LogP contribution in [0.1, 0.15) is 24.8 Å². The van der Waals surface area contributed by atoms with Crippen LogP contribution in [0.15, 0.2) is 30.3 Å². The Kier molecular flexibility index (Phi) is 4.46. The van der Waals surface area contributed by atoms with Crippen molar-refractivity contribution in [1.29, 1.82) is 0 Å². The van der Waals surface area contributed by atoms with Crippen molar-refractivity contribution in [1.82, 2.24) is 0 Å². The van der Waals surface area contributed by atoms with Crippen molar-refractivity contribution in [2.75, 3.05) is 0 Å². The number of carbonyl (C=O) groups is 1. The maximum atomic E-state index is 10.5. The van der Waals surface area contributed by atoms with E-state index < -0.39 is 18.1 Å². The summed E-state index contributed by atoms with van der Waals surface area (Å²) in [6.07, 6.45) is -1.34. The Morgan fingerprint density at radius 1 is 1.38 bits per heavy atom. The number of carboxylic acid groups (broad SMARTS) is 1. The van der Waals surface area contributed by atoms with Crippen molar-refractivity contribution >= 4 is 5.97 Å². The van der Waals surface area contributed by atoms with Gasteiger partial charge in [0.05, 0.1) is 12.5 Å². The summed E-state index contributed by atoms with van der Waals surface area (Å²) in [5, 5.41) is 18.2. The molecule has 0 radical (unpaired) electrons. The molecule has 0 spiro atoms. The monoisotopic (exact) mass is 223 g/mol. The maximum Gasteiger partial charge on any atom is 0.306 e. The molecule has 1 aromatic rings. The van der Waals surface area contributed by atoms with Gasteiger partial charge in [0.25, 0.3) is 0 Å². The molecule has 0 aliphatic rings. The van der Waals surface area contributed by atoms with Crippen molar-refractivity contribution < 1.29 is 15.0 Å². The van der Waals surface area contributed by atoms with E-state index in [0.717, 1.165) is 5.56 Å². The molecule has 0 fully saturated rings. The number of hydrogen-bond acceptors (Lipinski definition) is 3. The molecule has 4 N–H and O–H groups in total. The van der Waals surface area contributed by atoms with Gasteiger partial charge < -0.3 is 15.9 Å². The van der Waals surface area contributed by atoms with Crippen molar-refractivity contribution in [3.63, 3.8) is 0 Å². The van der Waals surface area contributed by atoms with E-state index in [1.165, 1.54) is 0 Å². The number of aliphatic hydroxyl groups is 1. The zero-order valence-electron chi connectivity index (χ0n) is 9.21. The molecule has 1 unspecified atom stereocenters. The highest BCUT2D eigenvalue weighted by Crippen LogP contribution is 2.20. The van der Waals surface area contributed by atoms with Crippen molar-refractivity contribution in [3.8, 4) is 0 Å². The normalized spacial score (nSPS) is 16.4. The lowest BCUT2D eigenvalue weighted by atomic mass is 9.89. The Hall–Kier alpha value is -1.39. The van der Waals surface area contributed by atoms with Gasteiger partial charge in [-0.25, -0.2) is 0 Å². The Labute approximate surface area is 94.7 Å². The van der Waals surface area contributed by atoms with E-state index in [-0.39, 0.29) is 12.3 Å². The van der Waals surface area contributed by atoms with Crippen LogP contribution in [0.25, 0.3) is 0 Å². The number of aliphatic carboxylic acids is 1. The third-order valence-electron chi connectivity index (χ3n) is 2.73. The van der Waals surface area contributed by atoms with E-state index in [1.54, 1.807) is 0 Å². The molecule has 0 aliphatic heterocycles. The quantitative estimate of drug-likeness (QED) is 0.694. The van der Waals surface area contributed by atoms with Crippen LogP contribution < -0.4 is 5.73 Å². The van der Waals surface area contributed by atoms with Crippen LogP contribution in [0.2, 0.25) is 0 Å². The molecule has 1 aromatic carbocycles. The van der Waals surface area contributed by atoms with E-state index in [9.17, 15) is 9.90 Å². The Morgan fingerprint density at radius 2 is 1.94 bits per heavy atom. The highest BCUT2D eigenvalue weighted by molar-refractivity contribution is 5.67. The van der Waals surface area contributed by atoms with Crippen molar-refractivity contribution in [2.45, 2.75) is 31.4 Å². The second-order valence-electron chi connectivity index (χ2n) is 3.94. The third-order valence-corrected chi connectivity index (χ3v) is 2.73. The summed E-state index contributed by atoms with van der Waals surface area (Å²) in [6.45, 7) is 1.88. The molecule has 3 atom stereocenters. The molecular formula is C12H17NO3. The molecule has 0 aromatic heterocycles. The molecule has 1 rings (SSSR count). The number of nitrogens with two attached hydrogens (primary N) is 1. The molecule has 88 valence electrons. The predicted octanol–water partition coefficient (Wildman–Crippen LogP) is 0.953. The first-order chi connectivity index (χ1) is 7.52. The minimum atomic E-state index is -1.04. The molecule has 0 saturated carbocycles. The van der Waals surface area contributed by atoms with Crippen LogP contribution in [-0.4, -0.2) is 28.3 Å². The minimum absolute atomic E-state index is 0.0736. The zero-order valence-corrected chi connectivity index (χ0v) is 9.21. The summed E-state index contributed by atoms with van der Waals surface area (Å²) in [4.78, 5) is 10.5. The van der Waals surface area contributed by atoms with Gasteiger partial charge in [0.15, 0.2) is 0 Å². The van der Waals surface area contributed by atoms with Crippen LogP contribution in [-0.2, 0) is 4.79 Å². The minimum Gasteiger partial charge on any atom is -0.481 e. The number of aliphatic hydroxyl groups excluding tert-OH is 1. The fraction of sp³-hybridized carbons (Fsp3) is 0.417. The standard InChI is InChI=1S/C12H17NO3/c1-8(9-5-3-2-4-6-9)12(13)10(14)7-11(15)16/h2-6,8,10,12,14H,7,13H2,1H3,(H,15,16)/t8?,10-,12+/m1/s1. The van der Waals surface area contributed by atoms with Gasteiger partial charge in [-0.2, -0.15) is 0 Å². The van der Waals surface area contributed by atoms with Crippen LogP contribution in [0.3, 0.4) is 0 Å². The molecule has 0 saturated heterocycles. The molecule has 0 aliphatic carbocycles. The highest BCUT2D eigenvalue weighted by atomic mass is 16.4. The number of rotatable bonds is 5. The first-order valence-electron chi connectivity index (χ1n) is 5.22. The summed E-state index contributed by atoms with van der Waals surface area (Å²) in [6, 6.07) is 8.94. The van der Waals surface area contributed by atoms with Crippen LogP contribution in [0, 0.1) is 0 Å². The van der Waals surface area contributed by atoms with E-state index in [4.69, 9.17) is 10.8 Å². The van der Waals surface area contributed by atoms with Crippen molar-refractivity contribution in [2.24, 2.45) is 5.73 Å². The number of carboxylic acids is 1. The van der Waals surface area contributed by atoms with Gasteiger partial charge in [0, 0.05) is 6.04 Å². The van der Waals surface area contributed by atoms with E-state index in [0.29, 0.717) is 0 Å². The lowest BCUT2D eigenvalue weighted by Gasteiger charge is -2.24. The topological polar surface area (TPSA) is 83.5 Å². The second kappa shape index (κ2) is 5.63. The first kappa shape index (κ1) is 12.7. The van der Waals surface area contributed by atoms with Gasteiger partial charge in [-0.15, -0.1) is 0 Å². The summed E-state index contributed by atoms with van der Waals surface area (Å²) in [7, 11) is 0. The van der Waals surface area contributed by atoms with E-state index >= 15 is 0 Å². The van der Waals surface area contributed by atoms with Gasteiger partial charge in [-0.05, 0) is 11.5 Å². The summed E-state index contributed by atoms with van der Waals surface area (Å²) >= 11 is 0. The predicted molar refractivity (Wildman–Crippen MR) is 61.1 cm³/mol. The number of benzene rings is 1. The molecule has 0 bridgehead atoms. The molecule has 4 heteroatoms. The number of hydrogen-bond donors (Lipinski definition) is 3. The van der Waals surface area contributed by atoms with Crippen LogP contribution in [0.4, 0.5) is 0 Å². The fourth-order valence-electron chi connectivity index (χ4n) is 1.63.